The van der Waals surface area contributed by atoms with Gasteiger partial charge < -0.3 is 15.0 Å². The second kappa shape index (κ2) is 10.1. The molecule has 5 rings (SSSR count). The Balaban J connectivity index is 1.57. The van der Waals surface area contributed by atoms with E-state index in [1.807, 2.05) is 31.0 Å². The topological polar surface area (TPSA) is 76.0 Å². The highest BCUT2D eigenvalue weighted by molar-refractivity contribution is 5.96. The zero-order valence-electron chi connectivity index (χ0n) is 21.7. The highest BCUT2D eigenvalue weighted by atomic mass is 19.1. The molecule has 37 heavy (non-hydrogen) atoms. The summed E-state index contributed by atoms with van der Waals surface area (Å²) in [4.78, 5) is 33.9. The maximum absolute atomic E-state index is 14.8. The third kappa shape index (κ3) is 4.57. The molecule has 3 heterocycles. The third-order valence-electron chi connectivity index (χ3n) is 7.52. The van der Waals surface area contributed by atoms with Gasteiger partial charge in [0.15, 0.2) is 0 Å². The first-order valence-corrected chi connectivity index (χ1v) is 12.8. The van der Waals surface area contributed by atoms with Gasteiger partial charge in [-0.15, -0.1) is 0 Å². The third-order valence-corrected chi connectivity index (χ3v) is 7.52. The fraction of sp³-hybridized carbons (Fsp3) is 0.429. The SMILES string of the molecule is CCON1CC2CCC(C1)N2c1cc2c([C@@H](C)Nc3ccccc3C(=O)OC)cc(F)cc2c(=O)n1C. The molecule has 196 valence electrons. The highest BCUT2D eigenvalue weighted by Crippen LogP contribution is 2.37. The van der Waals surface area contributed by atoms with E-state index in [0.717, 1.165) is 31.7 Å². The molecule has 2 aliphatic heterocycles. The zero-order valence-corrected chi connectivity index (χ0v) is 21.7. The molecule has 9 heteroatoms. The Morgan fingerprint density at radius 2 is 1.84 bits per heavy atom. The zero-order chi connectivity index (χ0) is 26.3. The molecule has 1 N–H and O–H groups in total. The molecule has 2 unspecified atom stereocenters. The molecule has 2 saturated heterocycles. The molecule has 3 atom stereocenters. The number of aromatic nitrogens is 1. The van der Waals surface area contributed by atoms with Crippen LogP contribution in [0.25, 0.3) is 10.8 Å². The van der Waals surface area contributed by atoms with E-state index < -0.39 is 17.8 Å². The van der Waals surface area contributed by atoms with E-state index in [4.69, 9.17) is 9.57 Å². The van der Waals surface area contributed by atoms with Crippen molar-refractivity contribution in [1.82, 2.24) is 9.63 Å². The van der Waals surface area contributed by atoms with Gasteiger partial charge in [-0.25, -0.2) is 9.18 Å². The number of carbonyl (C=O) groups excluding carboxylic acids is 1. The van der Waals surface area contributed by atoms with Crippen LogP contribution in [0.4, 0.5) is 15.9 Å². The monoisotopic (exact) mass is 508 g/mol. The summed E-state index contributed by atoms with van der Waals surface area (Å²) in [6, 6.07) is 11.9. The predicted molar refractivity (Wildman–Crippen MR) is 141 cm³/mol. The van der Waals surface area contributed by atoms with Gasteiger partial charge in [0.2, 0.25) is 0 Å². The van der Waals surface area contributed by atoms with E-state index in [9.17, 15) is 14.0 Å². The van der Waals surface area contributed by atoms with Crippen molar-refractivity contribution >= 4 is 28.2 Å². The van der Waals surface area contributed by atoms with Gasteiger partial charge in [0.05, 0.1) is 24.7 Å². The molecule has 0 amide bonds. The van der Waals surface area contributed by atoms with Crippen LogP contribution in [-0.4, -0.2) is 54.5 Å². The average Bonchev–Trinajstić information content (AvgIpc) is 3.15. The van der Waals surface area contributed by atoms with Gasteiger partial charge in [-0.05, 0) is 68.0 Å². The number of nitrogens with one attached hydrogen (secondary N) is 1. The first kappa shape index (κ1) is 25.2. The molecular weight excluding hydrogens is 475 g/mol. The first-order chi connectivity index (χ1) is 17.8. The number of para-hydroxylation sites is 1. The van der Waals surface area contributed by atoms with Crippen molar-refractivity contribution < 1.29 is 18.8 Å². The number of halogens is 1. The van der Waals surface area contributed by atoms with Crippen molar-refractivity contribution in [2.45, 2.75) is 44.8 Å². The van der Waals surface area contributed by atoms with Crippen molar-refractivity contribution in [2.24, 2.45) is 7.05 Å². The molecule has 0 radical (unpaired) electrons. The maximum Gasteiger partial charge on any atom is 0.339 e. The predicted octanol–water partition coefficient (Wildman–Crippen LogP) is 4.24. The smallest absolute Gasteiger partial charge is 0.339 e. The van der Waals surface area contributed by atoms with Gasteiger partial charge in [0.1, 0.15) is 11.6 Å². The molecule has 8 nitrogen and oxygen atoms in total. The number of pyridine rings is 1. The van der Waals surface area contributed by atoms with E-state index in [1.54, 1.807) is 29.8 Å². The van der Waals surface area contributed by atoms with Gasteiger partial charge >= 0.3 is 5.97 Å². The lowest BCUT2D eigenvalue weighted by Gasteiger charge is -2.42. The Bertz CT molecular complexity index is 1380. The Morgan fingerprint density at radius 3 is 2.51 bits per heavy atom. The standard InChI is InChI=1S/C28H33FN4O4/c1-5-37-32-15-19-10-11-20(16-32)33(19)26-14-23-22(12-18(29)13-24(23)27(34)31(26)3)17(2)30-25-9-7-6-8-21(25)28(35)36-4/h6-9,12-14,17,19-20,30H,5,10-11,15-16H2,1-4H3/t17-,19?,20?/m1/s1. The van der Waals surface area contributed by atoms with Gasteiger partial charge in [-0.1, -0.05) is 12.1 Å². The number of hydroxylamine groups is 2. The second-order valence-corrected chi connectivity index (χ2v) is 9.78. The Morgan fingerprint density at radius 1 is 1.14 bits per heavy atom. The normalized spacial score (nSPS) is 20.3. The van der Waals surface area contributed by atoms with Gasteiger partial charge in [0.25, 0.3) is 5.56 Å². The minimum Gasteiger partial charge on any atom is -0.465 e. The van der Waals surface area contributed by atoms with Crippen molar-refractivity contribution in [1.29, 1.82) is 0 Å². The van der Waals surface area contributed by atoms with Crippen LogP contribution in [0.5, 0.6) is 0 Å². The largest absolute Gasteiger partial charge is 0.465 e. The van der Waals surface area contributed by atoms with Gasteiger partial charge in [-0.3, -0.25) is 14.2 Å². The quantitative estimate of drug-likeness (QED) is 0.479. The number of hydrogen-bond donors (Lipinski definition) is 1. The summed E-state index contributed by atoms with van der Waals surface area (Å²) < 4.78 is 21.3. The number of benzene rings is 2. The number of carbonyl (C=O) groups is 1. The summed E-state index contributed by atoms with van der Waals surface area (Å²) in [7, 11) is 3.09. The number of ether oxygens (including phenoxy) is 1. The van der Waals surface area contributed by atoms with Crippen LogP contribution in [0.3, 0.4) is 0 Å². The van der Waals surface area contributed by atoms with E-state index in [2.05, 4.69) is 10.2 Å². The lowest BCUT2D eigenvalue weighted by molar-refractivity contribution is -0.164. The molecule has 0 aliphatic carbocycles. The van der Waals surface area contributed by atoms with Crippen molar-refractivity contribution in [3.8, 4) is 0 Å². The maximum atomic E-state index is 14.8. The Labute approximate surface area is 215 Å². The Hall–Kier alpha value is -3.43. The summed E-state index contributed by atoms with van der Waals surface area (Å²) in [5.41, 5.74) is 1.38. The second-order valence-electron chi connectivity index (χ2n) is 9.78. The van der Waals surface area contributed by atoms with Crippen LogP contribution in [-0.2, 0) is 16.6 Å². The molecule has 1 aromatic heterocycles. The number of methoxy groups -OCH3 is 1. The van der Waals surface area contributed by atoms with E-state index >= 15 is 0 Å². The number of nitrogens with zero attached hydrogens (tertiary/aromatic N) is 3. The minimum atomic E-state index is -0.479. The number of rotatable bonds is 7. The van der Waals surface area contributed by atoms with E-state index in [-0.39, 0.29) is 17.6 Å². The van der Waals surface area contributed by atoms with Crippen molar-refractivity contribution in [3.63, 3.8) is 0 Å². The molecule has 3 aromatic rings. The van der Waals surface area contributed by atoms with E-state index in [0.29, 0.717) is 34.2 Å². The summed E-state index contributed by atoms with van der Waals surface area (Å²) >= 11 is 0. The molecule has 2 aromatic carbocycles. The number of fused-ring (bicyclic) bond motifs is 3. The summed E-state index contributed by atoms with van der Waals surface area (Å²) in [6.45, 7) is 6.06. The highest BCUT2D eigenvalue weighted by Gasteiger charge is 2.41. The lowest BCUT2D eigenvalue weighted by Crippen LogP contribution is -2.54. The number of anilines is 2. The Kier molecular flexibility index (Phi) is 6.92. The average molecular weight is 509 g/mol. The first-order valence-electron chi connectivity index (χ1n) is 12.8. The number of esters is 1. The van der Waals surface area contributed by atoms with Crippen LogP contribution < -0.4 is 15.8 Å². The molecule has 2 fully saturated rings. The molecule has 0 saturated carbocycles. The number of hydrogen-bond acceptors (Lipinski definition) is 7. The fourth-order valence-electron chi connectivity index (χ4n) is 5.83. The molecule has 0 spiro atoms. The molecule has 2 bridgehead atoms. The van der Waals surface area contributed by atoms with Crippen molar-refractivity contribution in [2.75, 3.05) is 37.0 Å². The molecular formula is C28H33FN4O4. The van der Waals surface area contributed by atoms with Gasteiger partial charge in [-0.2, -0.15) is 5.06 Å². The van der Waals surface area contributed by atoms with Crippen LogP contribution in [0.1, 0.15) is 48.7 Å². The van der Waals surface area contributed by atoms with Crippen LogP contribution in [0, 0.1) is 5.82 Å². The van der Waals surface area contributed by atoms with Gasteiger partial charge in [0, 0.05) is 44.0 Å². The van der Waals surface area contributed by atoms with Crippen molar-refractivity contribution in [3.05, 3.63) is 69.8 Å². The summed E-state index contributed by atoms with van der Waals surface area (Å²) in [5, 5.41) is 6.39. The van der Waals surface area contributed by atoms with Crippen LogP contribution in [0.15, 0.2) is 47.3 Å². The minimum absolute atomic E-state index is 0.234. The van der Waals surface area contributed by atoms with E-state index in [1.165, 1.54) is 19.2 Å². The fourth-order valence-corrected chi connectivity index (χ4v) is 5.83. The summed E-state index contributed by atoms with van der Waals surface area (Å²) in [5.74, 6) is -0.110. The van der Waals surface area contributed by atoms with Crippen LogP contribution in [0.2, 0.25) is 0 Å². The van der Waals surface area contributed by atoms with Crippen LogP contribution >= 0.6 is 0 Å². The number of piperazine rings is 1. The lowest BCUT2D eigenvalue weighted by atomic mass is 9.99. The molecule has 2 aliphatic rings. The summed E-state index contributed by atoms with van der Waals surface area (Å²) in [6.07, 6.45) is 2.05.